The number of rotatable bonds is 5. The van der Waals surface area contributed by atoms with Gasteiger partial charge in [0.15, 0.2) is 5.96 Å². The normalized spacial score (nSPS) is 13.0. The van der Waals surface area contributed by atoms with Crippen LogP contribution in [0.3, 0.4) is 0 Å². The molecule has 1 aromatic carbocycles. The molecular formula is C17H22FN3S. The number of benzene rings is 1. The Morgan fingerprint density at radius 1 is 1.36 bits per heavy atom. The van der Waals surface area contributed by atoms with Crippen molar-refractivity contribution in [3.8, 4) is 0 Å². The average Bonchev–Trinajstić information content (AvgIpc) is 3.01. The van der Waals surface area contributed by atoms with Crippen LogP contribution in [0.4, 0.5) is 4.39 Å². The molecule has 0 aliphatic heterocycles. The fourth-order valence-corrected chi connectivity index (χ4v) is 2.70. The van der Waals surface area contributed by atoms with Crippen LogP contribution in [0.15, 0.2) is 40.0 Å². The zero-order chi connectivity index (χ0) is 15.9. The Morgan fingerprint density at radius 3 is 2.82 bits per heavy atom. The van der Waals surface area contributed by atoms with Crippen molar-refractivity contribution in [2.45, 2.75) is 33.4 Å². The number of nitrogens with one attached hydrogen (secondary N) is 2. The third-order valence-corrected chi connectivity index (χ3v) is 4.13. The molecule has 0 fully saturated rings. The molecule has 1 atom stereocenters. The van der Waals surface area contributed by atoms with Gasteiger partial charge in [-0.05, 0) is 60.4 Å². The maximum atomic E-state index is 13.7. The van der Waals surface area contributed by atoms with Crippen molar-refractivity contribution >= 4 is 17.3 Å². The summed E-state index contributed by atoms with van der Waals surface area (Å²) in [6, 6.07) is 7.37. The van der Waals surface area contributed by atoms with E-state index in [1.54, 1.807) is 30.4 Å². The molecule has 1 heterocycles. The first kappa shape index (κ1) is 16.5. The van der Waals surface area contributed by atoms with E-state index in [2.05, 4.69) is 27.1 Å². The number of aryl methyl sites for hydroxylation is 1. The molecule has 0 saturated heterocycles. The van der Waals surface area contributed by atoms with Gasteiger partial charge in [0, 0.05) is 6.54 Å². The zero-order valence-corrected chi connectivity index (χ0v) is 14.0. The number of thiophene rings is 1. The first-order valence-corrected chi connectivity index (χ1v) is 8.36. The monoisotopic (exact) mass is 319 g/mol. The van der Waals surface area contributed by atoms with E-state index in [4.69, 9.17) is 0 Å². The van der Waals surface area contributed by atoms with Gasteiger partial charge in [0.2, 0.25) is 0 Å². The second-order valence-electron chi connectivity index (χ2n) is 5.20. The maximum absolute atomic E-state index is 13.7. The molecule has 0 amide bonds. The quantitative estimate of drug-likeness (QED) is 0.645. The van der Waals surface area contributed by atoms with Gasteiger partial charge in [-0.25, -0.2) is 9.38 Å². The second kappa shape index (κ2) is 7.94. The first-order chi connectivity index (χ1) is 10.6. The maximum Gasteiger partial charge on any atom is 0.192 e. The Kier molecular flexibility index (Phi) is 5.95. The van der Waals surface area contributed by atoms with Crippen LogP contribution < -0.4 is 10.6 Å². The predicted molar refractivity (Wildman–Crippen MR) is 91.8 cm³/mol. The van der Waals surface area contributed by atoms with E-state index in [0.29, 0.717) is 12.1 Å². The zero-order valence-electron chi connectivity index (χ0n) is 13.2. The summed E-state index contributed by atoms with van der Waals surface area (Å²) in [4.78, 5) is 4.57. The molecule has 3 nitrogen and oxygen atoms in total. The first-order valence-electron chi connectivity index (χ1n) is 7.42. The smallest absolute Gasteiger partial charge is 0.192 e. The van der Waals surface area contributed by atoms with E-state index in [0.717, 1.165) is 18.1 Å². The lowest BCUT2D eigenvalue weighted by Gasteiger charge is -2.18. The van der Waals surface area contributed by atoms with Gasteiger partial charge < -0.3 is 10.6 Å². The van der Waals surface area contributed by atoms with E-state index in [-0.39, 0.29) is 11.9 Å². The van der Waals surface area contributed by atoms with Crippen LogP contribution in [0, 0.1) is 12.7 Å². The molecule has 1 unspecified atom stereocenters. The summed E-state index contributed by atoms with van der Waals surface area (Å²) in [6.45, 7) is 7.21. The molecule has 2 aromatic rings. The average molecular weight is 319 g/mol. The lowest BCUT2D eigenvalue weighted by atomic mass is 10.1. The van der Waals surface area contributed by atoms with Crippen LogP contribution in [-0.2, 0) is 6.54 Å². The molecular weight excluding hydrogens is 297 g/mol. The van der Waals surface area contributed by atoms with Crippen LogP contribution >= 0.6 is 11.3 Å². The van der Waals surface area contributed by atoms with Gasteiger partial charge in [0.25, 0.3) is 0 Å². The van der Waals surface area contributed by atoms with Crippen LogP contribution in [0.1, 0.15) is 36.6 Å². The molecule has 5 heteroatoms. The summed E-state index contributed by atoms with van der Waals surface area (Å²) in [6.07, 6.45) is 0. The van der Waals surface area contributed by atoms with Crippen molar-refractivity contribution < 1.29 is 4.39 Å². The molecule has 22 heavy (non-hydrogen) atoms. The SMILES string of the molecule is CCNC(=NCc1ccsc1)NC(C)c1ccc(C)c(F)c1. The van der Waals surface area contributed by atoms with Crippen molar-refractivity contribution in [1.29, 1.82) is 0 Å². The van der Waals surface area contributed by atoms with Gasteiger partial charge in [-0.15, -0.1) is 0 Å². The van der Waals surface area contributed by atoms with Crippen LogP contribution in [0.2, 0.25) is 0 Å². The molecule has 0 saturated carbocycles. The highest BCUT2D eigenvalue weighted by Gasteiger charge is 2.09. The summed E-state index contributed by atoms with van der Waals surface area (Å²) < 4.78 is 13.7. The van der Waals surface area contributed by atoms with Crippen molar-refractivity contribution in [3.05, 3.63) is 57.5 Å². The number of nitrogens with zero attached hydrogens (tertiary/aromatic N) is 1. The highest BCUT2D eigenvalue weighted by atomic mass is 32.1. The number of halogens is 1. The fraction of sp³-hybridized carbons (Fsp3) is 0.353. The third kappa shape index (κ3) is 4.56. The number of hydrogen-bond donors (Lipinski definition) is 2. The topological polar surface area (TPSA) is 36.4 Å². The van der Waals surface area contributed by atoms with Crippen LogP contribution in [0.25, 0.3) is 0 Å². The summed E-state index contributed by atoms with van der Waals surface area (Å²) in [5.74, 6) is 0.563. The van der Waals surface area contributed by atoms with Crippen LogP contribution in [0.5, 0.6) is 0 Å². The molecule has 0 aliphatic rings. The summed E-state index contributed by atoms with van der Waals surface area (Å²) in [5.41, 5.74) is 2.76. The highest BCUT2D eigenvalue weighted by Crippen LogP contribution is 2.16. The van der Waals surface area contributed by atoms with Crippen molar-refractivity contribution in [3.63, 3.8) is 0 Å². The van der Waals surface area contributed by atoms with Gasteiger partial charge in [-0.1, -0.05) is 12.1 Å². The predicted octanol–water partition coefficient (Wildman–Crippen LogP) is 4.01. The van der Waals surface area contributed by atoms with Crippen LogP contribution in [-0.4, -0.2) is 12.5 Å². The lowest BCUT2D eigenvalue weighted by Crippen LogP contribution is -2.38. The van der Waals surface area contributed by atoms with E-state index in [9.17, 15) is 4.39 Å². The molecule has 118 valence electrons. The van der Waals surface area contributed by atoms with Gasteiger partial charge in [-0.2, -0.15) is 11.3 Å². The Labute approximate surface area is 135 Å². The summed E-state index contributed by atoms with van der Waals surface area (Å²) in [7, 11) is 0. The van der Waals surface area contributed by atoms with E-state index >= 15 is 0 Å². The fourth-order valence-electron chi connectivity index (χ4n) is 2.04. The van der Waals surface area contributed by atoms with Gasteiger partial charge >= 0.3 is 0 Å². The lowest BCUT2D eigenvalue weighted by molar-refractivity contribution is 0.607. The Hall–Kier alpha value is -1.88. The van der Waals surface area contributed by atoms with Crippen molar-refractivity contribution in [1.82, 2.24) is 10.6 Å². The van der Waals surface area contributed by atoms with E-state index in [1.165, 1.54) is 5.56 Å². The van der Waals surface area contributed by atoms with E-state index in [1.807, 2.05) is 25.3 Å². The largest absolute Gasteiger partial charge is 0.357 e. The Bertz CT molecular complexity index is 623. The Morgan fingerprint density at radius 2 is 2.18 bits per heavy atom. The van der Waals surface area contributed by atoms with Gasteiger partial charge in [0.1, 0.15) is 5.82 Å². The molecule has 1 aromatic heterocycles. The van der Waals surface area contributed by atoms with Gasteiger partial charge in [-0.3, -0.25) is 0 Å². The van der Waals surface area contributed by atoms with Crippen molar-refractivity contribution in [2.24, 2.45) is 4.99 Å². The summed E-state index contributed by atoms with van der Waals surface area (Å²) in [5, 5.41) is 10.7. The molecule has 2 rings (SSSR count). The molecule has 0 aliphatic carbocycles. The molecule has 0 spiro atoms. The van der Waals surface area contributed by atoms with Crippen molar-refractivity contribution in [2.75, 3.05) is 6.54 Å². The Balaban J connectivity index is 2.05. The highest BCUT2D eigenvalue weighted by molar-refractivity contribution is 7.07. The minimum atomic E-state index is -0.175. The minimum absolute atomic E-state index is 0.0182. The molecule has 2 N–H and O–H groups in total. The minimum Gasteiger partial charge on any atom is -0.357 e. The summed E-state index contributed by atoms with van der Waals surface area (Å²) >= 11 is 1.67. The number of guanidine groups is 1. The van der Waals surface area contributed by atoms with Gasteiger partial charge in [0.05, 0.1) is 12.6 Å². The third-order valence-electron chi connectivity index (χ3n) is 3.39. The van der Waals surface area contributed by atoms with E-state index < -0.39 is 0 Å². The second-order valence-corrected chi connectivity index (χ2v) is 5.98. The standard InChI is InChI=1S/C17H22FN3S/c1-4-19-17(20-10-14-7-8-22-11-14)21-13(3)15-6-5-12(2)16(18)9-15/h5-9,11,13H,4,10H2,1-3H3,(H2,19,20,21). The number of hydrogen-bond acceptors (Lipinski definition) is 2. The number of aliphatic imine (C=N–C) groups is 1. The molecule has 0 bridgehead atoms. The molecule has 0 radical (unpaired) electrons.